The third-order valence-corrected chi connectivity index (χ3v) is 3.91. The van der Waals surface area contributed by atoms with Gasteiger partial charge in [0.15, 0.2) is 5.69 Å². The molecule has 0 saturated carbocycles. The molecule has 3 rings (SSSR count). The van der Waals surface area contributed by atoms with E-state index < -0.39 is 17.5 Å². The van der Waals surface area contributed by atoms with Gasteiger partial charge in [-0.15, -0.1) is 5.10 Å². The predicted molar refractivity (Wildman–Crippen MR) is 86.3 cm³/mol. The summed E-state index contributed by atoms with van der Waals surface area (Å²) in [5, 5.41) is 7.76. The summed E-state index contributed by atoms with van der Waals surface area (Å²) in [4.78, 5) is 12.4. The van der Waals surface area contributed by atoms with Crippen LogP contribution in [-0.4, -0.2) is 20.8 Å². The summed E-state index contributed by atoms with van der Waals surface area (Å²) in [6, 6.07) is 9.14. The van der Waals surface area contributed by atoms with Crippen molar-refractivity contribution in [2.75, 3.05) is 0 Å². The second kappa shape index (κ2) is 6.50. The molecule has 128 valence electrons. The molecule has 0 N–H and O–H groups in total. The molecule has 0 unspecified atom stereocenters. The van der Waals surface area contributed by atoms with Crippen molar-refractivity contribution < 1.29 is 18.0 Å². The van der Waals surface area contributed by atoms with E-state index in [1.54, 1.807) is 0 Å². The Hall–Kier alpha value is -2.38. The van der Waals surface area contributed by atoms with Crippen LogP contribution in [0.15, 0.2) is 48.7 Å². The van der Waals surface area contributed by atoms with Crippen LogP contribution >= 0.6 is 23.2 Å². The number of halogens is 5. The Morgan fingerprint density at radius 1 is 1.08 bits per heavy atom. The maximum absolute atomic E-state index is 13.1. The third-order valence-electron chi connectivity index (χ3n) is 3.36. The molecule has 0 amide bonds. The molecule has 4 nitrogen and oxygen atoms in total. The number of benzene rings is 2. The second-order valence-corrected chi connectivity index (χ2v) is 5.86. The van der Waals surface area contributed by atoms with Gasteiger partial charge in [0.25, 0.3) is 0 Å². The predicted octanol–water partition coefficient (Wildman–Crippen LogP) is 4.82. The fourth-order valence-corrected chi connectivity index (χ4v) is 2.70. The van der Waals surface area contributed by atoms with Gasteiger partial charge in [0, 0.05) is 10.6 Å². The number of aromatic nitrogens is 3. The molecule has 0 aliphatic carbocycles. The van der Waals surface area contributed by atoms with Crippen molar-refractivity contribution in [3.8, 4) is 5.69 Å². The lowest BCUT2D eigenvalue weighted by atomic mass is 10.1. The molecule has 25 heavy (non-hydrogen) atoms. The molecule has 1 aromatic heterocycles. The van der Waals surface area contributed by atoms with Crippen LogP contribution < -0.4 is 0 Å². The van der Waals surface area contributed by atoms with Crippen LogP contribution in [0.3, 0.4) is 0 Å². The molecule has 2 aromatic carbocycles. The number of carbonyl (C=O) groups excluding carboxylic acids is 1. The van der Waals surface area contributed by atoms with Crippen molar-refractivity contribution >= 4 is 29.0 Å². The van der Waals surface area contributed by atoms with Gasteiger partial charge < -0.3 is 0 Å². The lowest BCUT2D eigenvalue weighted by Gasteiger charge is -2.11. The van der Waals surface area contributed by atoms with Crippen molar-refractivity contribution in [3.05, 3.63) is 75.5 Å². The fraction of sp³-hybridized carbons (Fsp3) is 0.0625. The van der Waals surface area contributed by atoms with Crippen LogP contribution in [0.1, 0.15) is 21.6 Å². The average molecular weight is 386 g/mol. The minimum Gasteiger partial charge on any atom is -0.287 e. The van der Waals surface area contributed by atoms with Crippen LogP contribution in [0.4, 0.5) is 13.2 Å². The zero-order valence-electron chi connectivity index (χ0n) is 12.3. The summed E-state index contributed by atoms with van der Waals surface area (Å²) in [5.74, 6) is -0.572. The van der Waals surface area contributed by atoms with Crippen molar-refractivity contribution in [1.29, 1.82) is 0 Å². The zero-order valence-corrected chi connectivity index (χ0v) is 13.8. The Morgan fingerprint density at radius 2 is 1.80 bits per heavy atom. The van der Waals surface area contributed by atoms with E-state index in [4.69, 9.17) is 23.2 Å². The van der Waals surface area contributed by atoms with Crippen LogP contribution in [0.25, 0.3) is 5.69 Å². The summed E-state index contributed by atoms with van der Waals surface area (Å²) < 4.78 is 40.2. The molecular formula is C16H8Cl2F3N3O. The number of hydrogen-bond acceptors (Lipinski definition) is 3. The van der Waals surface area contributed by atoms with Gasteiger partial charge in [-0.25, -0.2) is 4.68 Å². The smallest absolute Gasteiger partial charge is 0.287 e. The van der Waals surface area contributed by atoms with Crippen LogP contribution in [0.2, 0.25) is 10.0 Å². The molecule has 0 aliphatic rings. The van der Waals surface area contributed by atoms with Crippen molar-refractivity contribution in [1.82, 2.24) is 15.0 Å². The summed E-state index contributed by atoms with van der Waals surface area (Å²) >= 11 is 11.8. The molecule has 0 fully saturated rings. The number of para-hydroxylation sites is 1. The maximum Gasteiger partial charge on any atom is 0.418 e. The van der Waals surface area contributed by atoms with E-state index in [0.29, 0.717) is 5.02 Å². The minimum absolute atomic E-state index is 0.114. The molecule has 0 saturated heterocycles. The van der Waals surface area contributed by atoms with Gasteiger partial charge in [-0.05, 0) is 30.3 Å². The van der Waals surface area contributed by atoms with Gasteiger partial charge in [0.2, 0.25) is 5.78 Å². The summed E-state index contributed by atoms with van der Waals surface area (Å²) in [6.07, 6.45) is -3.44. The first kappa shape index (κ1) is 17.4. The Balaban J connectivity index is 2.00. The van der Waals surface area contributed by atoms with E-state index in [2.05, 4.69) is 10.3 Å². The number of carbonyl (C=O) groups is 1. The average Bonchev–Trinajstić information content (AvgIpc) is 3.03. The molecule has 3 aromatic rings. The molecule has 0 spiro atoms. The van der Waals surface area contributed by atoms with E-state index in [9.17, 15) is 18.0 Å². The molecule has 0 atom stereocenters. The summed E-state index contributed by atoms with van der Waals surface area (Å²) in [6.45, 7) is 0. The Labute approximate surface area is 149 Å². The van der Waals surface area contributed by atoms with E-state index in [0.717, 1.165) is 16.9 Å². The van der Waals surface area contributed by atoms with Crippen molar-refractivity contribution in [3.63, 3.8) is 0 Å². The summed E-state index contributed by atoms with van der Waals surface area (Å²) in [5.41, 5.74) is -1.13. The standard InChI is InChI=1S/C16H8Cl2F3N3O/c17-9-5-6-10(12(18)7-9)15(25)13-8-24(23-22-13)14-4-2-1-3-11(14)16(19,20)21/h1-8H. The van der Waals surface area contributed by atoms with E-state index in [1.807, 2.05) is 0 Å². The Bertz CT molecular complexity index is 954. The van der Waals surface area contributed by atoms with Gasteiger partial charge in [0.1, 0.15) is 0 Å². The van der Waals surface area contributed by atoms with Gasteiger partial charge in [-0.3, -0.25) is 4.79 Å². The molecule has 0 aliphatic heterocycles. The van der Waals surface area contributed by atoms with E-state index in [-0.39, 0.29) is 22.0 Å². The first-order valence-corrected chi connectivity index (χ1v) is 7.61. The lowest BCUT2D eigenvalue weighted by Crippen LogP contribution is -2.11. The van der Waals surface area contributed by atoms with Gasteiger partial charge in [0.05, 0.1) is 22.5 Å². The fourth-order valence-electron chi connectivity index (χ4n) is 2.21. The first-order chi connectivity index (χ1) is 11.8. The van der Waals surface area contributed by atoms with E-state index >= 15 is 0 Å². The molecule has 9 heteroatoms. The number of ketones is 1. The molecular weight excluding hydrogens is 378 g/mol. The molecule has 0 radical (unpaired) electrons. The van der Waals surface area contributed by atoms with Crippen LogP contribution in [-0.2, 0) is 6.18 Å². The SMILES string of the molecule is O=C(c1cn(-c2ccccc2C(F)(F)F)nn1)c1ccc(Cl)cc1Cl. The highest BCUT2D eigenvalue weighted by molar-refractivity contribution is 6.37. The van der Waals surface area contributed by atoms with Gasteiger partial charge in [-0.1, -0.05) is 40.5 Å². The highest BCUT2D eigenvalue weighted by Gasteiger charge is 2.34. The summed E-state index contributed by atoms with van der Waals surface area (Å²) in [7, 11) is 0. The zero-order chi connectivity index (χ0) is 18.2. The molecule has 0 bridgehead atoms. The van der Waals surface area contributed by atoms with Gasteiger partial charge >= 0.3 is 6.18 Å². The minimum atomic E-state index is -4.56. The Kier molecular flexibility index (Phi) is 4.53. The topological polar surface area (TPSA) is 47.8 Å². The Morgan fingerprint density at radius 3 is 2.48 bits per heavy atom. The van der Waals surface area contributed by atoms with Crippen LogP contribution in [0, 0.1) is 0 Å². The number of nitrogens with zero attached hydrogens (tertiary/aromatic N) is 3. The maximum atomic E-state index is 13.1. The normalized spacial score (nSPS) is 11.6. The number of hydrogen-bond donors (Lipinski definition) is 0. The van der Waals surface area contributed by atoms with Crippen molar-refractivity contribution in [2.45, 2.75) is 6.18 Å². The van der Waals surface area contributed by atoms with Crippen LogP contribution in [0.5, 0.6) is 0 Å². The highest BCUT2D eigenvalue weighted by atomic mass is 35.5. The second-order valence-electron chi connectivity index (χ2n) is 5.02. The van der Waals surface area contributed by atoms with Gasteiger partial charge in [-0.2, -0.15) is 13.2 Å². The molecule has 1 heterocycles. The largest absolute Gasteiger partial charge is 0.418 e. The number of rotatable bonds is 3. The number of alkyl halides is 3. The lowest BCUT2D eigenvalue weighted by molar-refractivity contribution is -0.137. The van der Waals surface area contributed by atoms with Crippen molar-refractivity contribution in [2.24, 2.45) is 0 Å². The quantitative estimate of drug-likeness (QED) is 0.607. The monoisotopic (exact) mass is 385 g/mol. The highest BCUT2D eigenvalue weighted by Crippen LogP contribution is 2.33. The van der Waals surface area contributed by atoms with E-state index in [1.165, 1.54) is 36.4 Å². The first-order valence-electron chi connectivity index (χ1n) is 6.86. The third kappa shape index (κ3) is 3.52.